The lowest BCUT2D eigenvalue weighted by Gasteiger charge is -2.33. The van der Waals surface area contributed by atoms with Gasteiger partial charge in [0.2, 0.25) is 10.0 Å². The zero-order valence-corrected chi connectivity index (χ0v) is 18.8. The van der Waals surface area contributed by atoms with E-state index in [1.165, 1.54) is 18.2 Å². The van der Waals surface area contributed by atoms with Gasteiger partial charge in [0.15, 0.2) is 0 Å². The molecule has 1 aliphatic rings. The summed E-state index contributed by atoms with van der Waals surface area (Å²) in [5, 5.41) is 0. The van der Waals surface area contributed by atoms with Crippen LogP contribution in [0.25, 0.3) is 0 Å². The monoisotopic (exact) mass is 468 g/mol. The van der Waals surface area contributed by atoms with Gasteiger partial charge in [0.05, 0.1) is 4.90 Å². The summed E-state index contributed by atoms with van der Waals surface area (Å²) in [6, 6.07) is 21.2. The topological polar surface area (TPSA) is 75.7 Å². The number of piperidine rings is 1. The van der Waals surface area contributed by atoms with Crippen molar-refractivity contribution in [2.75, 3.05) is 13.1 Å². The largest absolute Gasteiger partial charge is 0.489 e. The quantitative estimate of drug-likeness (QED) is 0.569. The second-order valence-corrected chi connectivity index (χ2v) is 9.68. The van der Waals surface area contributed by atoms with Crippen molar-refractivity contribution in [2.45, 2.75) is 30.4 Å². The van der Waals surface area contributed by atoms with Crippen LogP contribution in [-0.4, -0.2) is 38.4 Å². The molecule has 0 aromatic heterocycles. The number of halogens is 1. The summed E-state index contributed by atoms with van der Waals surface area (Å²) >= 11 is 0. The molecule has 3 aromatic rings. The molecule has 1 heterocycles. The van der Waals surface area contributed by atoms with Crippen molar-refractivity contribution in [2.24, 2.45) is 0 Å². The maximum atomic E-state index is 13.4. The Kier molecular flexibility index (Phi) is 7.05. The summed E-state index contributed by atoms with van der Waals surface area (Å²) in [6.45, 7) is 1.20. The van der Waals surface area contributed by atoms with Crippen molar-refractivity contribution in [1.29, 1.82) is 0 Å². The molecule has 3 aromatic carbocycles. The van der Waals surface area contributed by atoms with Crippen molar-refractivity contribution in [1.82, 2.24) is 9.62 Å². The fourth-order valence-corrected chi connectivity index (χ4v) is 5.08. The molecule has 0 bridgehead atoms. The predicted octanol–water partition coefficient (Wildman–Crippen LogP) is 3.99. The molecule has 8 heteroatoms. The molecule has 1 fully saturated rings. The molecule has 1 amide bonds. The zero-order valence-electron chi connectivity index (χ0n) is 18.0. The van der Waals surface area contributed by atoms with Crippen LogP contribution in [0.3, 0.4) is 0 Å². The van der Waals surface area contributed by atoms with Gasteiger partial charge in [0, 0.05) is 24.7 Å². The Morgan fingerprint density at radius 2 is 1.79 bits per heavy atom. The van der Waals surface area contributed by atoms with Gasteiger partial charge in [-0.15, -0.1) is 0 Å². The van der Waals surface area contributed by atoms with Crippen LogP contribution in [0, 0.1) is 5.82 Å². The summed E-state index contributed by atoms with van der Waals surface area (Å²) in [5.74, 6) is 0.00817. The highest BCUT2D eigenvalue weighted by Gasteiger charge is 2.28. The number of para-hydroxylation sites is 1. The van der Waals surface area contributed by atoms with Gasteiger partial charge < -0.3 is 9.64 Å². The smallest absolute Gasteiger partial charge is 0.253 e. The molecule has 0 spiro atoms. The number of likely N-dealkylation sites (tertiary alicyclic amines) is 1. The third-order valence-corrected chi connectivity index (χ3v) is 7.00. The van der Waals surface area contributed by atoms with E-state index in [4.69, 9.17) is 4.74 Å². The molecule has 1 aliphatic heterocycles. The standard InChI is InChI=1S/C25H25FN2O4S/c26-21-6-4-10-24(16-21)33(30,31)27-22-7-5-15-28(17-22)25(29)20-13-11-19(12-14-20)18-32-23-8-2-1-3-9-23/h1-4,6,8-14,16,22,27H,5,7,15,17-18H2. The highest BCUT2D eigenvalue weighted by atomic mass is 32.2. The van der Waals surface area contributed by atoms with Crippen molar-refractivity contribution < 1.29 is 22.3 Å². The minimum absolute atomic E-state index is 0.126. The van der Waals surface area contributed by atoms with E-state index in [0.717, 1.165) is 17.4 Å². The highest BCUT2D eigenvalue weighted by Crippen LogP contribution is 2.18. The van der Waals surface area contributed by atoms with E-state index in [-0.39, 0.29) is 17.3 Å². The first-order chi connectivity index (χ1) is 15.9. The lowest BCUT2D eigenvalue weighted by molar-refractivity contribution is 0.0703. The average Bonchev–Trinajstić information content (AvgIpc) is 2.83. The maximum absolute atomic E-state index is 13.4. The SMILES string of the molecule is O=C(c1ccc(COc2ccccc2)cc1)N1CCCC(NS(=O)(=O)c2cccc(F)c2)C1. The predicted molar refractivity (Wildman–Crippen MR) is 123 cm³/mol. The van der Waals surface area contributed by atoms with Crippen LogP contribution in [0.4, 0.5) is 4.39 Å². The summed E-state index contributed by atoms with van der Waals surface area (Å²) in [6.07, 6.45) is 1.28. The Balaban J connectivity index is 1.36. The first-order valence-electron chi connectivity index (χ1n) is 10.7. The summed E-state index contributed by atoms with van der Waals surface area (Å²) < 4.78 is 47.0. The number of benzene rings is 3. The highest BCUT2D eigenvalue weighted by molar-refractivity contribution is 7.89. The molecule has 1 saturated heterocycles. The van der Waals surface area contributed by atoms with E-state index in [1.54, 1.807) is 17.0 Å². The van der Waals surface area contributed by atoms with Crippen LogP contribution in [-0.2, 0) is 16.6 Å². The lowest BCUT2D eigenvalue weighted by atomic mass is 10.0. The number of carbonyl (C=O) groups excluding carboxylic acids is 1. The van der Waals surface area contributed by atoms with Gasteiger partial charge in [-0.3, -0.25) is 4.79 Å². The van der Waals surface area contributed by atoms with Crippen LogP contribution < -0.4 is 9.46 Å². The molecule has 0 aliphatic carbocycles. The Labute approximate surface area is 193 Å². The second kappa shape index (κ2) is 10.1. The Morgan fingerprint density at radius 1 is 1.03 bits per heavy atom. The fourth-order valence-electron chi connectivity index (χ4n) is 3.79. The molecule has 1 N–H and O–H groups in total. The van der Waals surface area contributed by atoms with E-state index < -0.39 is 21.9 Å². The van der Waals surface area contributed by atoms with E-state index in [1.807, 2.05) is 42.5 Å². The number of carbonyl (C=O) groups is 1. The summed E-state index contributed by atoms with van der Waals surface area (Å²) in [5.41, 5.74) is 1.47. The van der Waals surface area contributed by atoms with Gasteiger partial charge in [0.25, 0.3) is 5.91 Å². The van der Waals surface area contributed by atoms with Gasteiger partial charge in [0.1, 0.15) is 18.2 Å². The lowest BCUT2D eigenvalue weighted by Crippen LogP contribution is -2.49. The second-order valence-electron chi connectivity index (χ2n) is 7.97. The van der Waals surface area contributed by atoms with E-state index in [0.29, 0.717) is 31.6 Å². The Morgan fingerprint density at radius 3 is 2.52 bits per heavy atom. The third kappa shape index (κ3) is 5.97. The third-order valence-electron chi connectivity index (χ3n) is 5.49. The molecular formula is C25H25FN2O4S. The molecule has 1 atom stereocenters. The normalized spacial score (nSPS) is 16.4. The maximum Gasteiger partial charge on any atom is 0.253 e. The van der Waals surface area contributed by atoms with Crippen LogP contribution >= 0.6 is 0 Å². The van der Waals surface area contributed by atoms with Crippen molar-refractivity contribution >= 4 is 15.9 Å². The van der Waals surface area contributed by atoms with Crippen LogP contribution in [0.2, 0.25) is 0 Å². The summed E-state index contributed by atoms with van der Waals surface area (Å²) in [7, 11) is -3.87. The van der Waals surface area contributed by atoms with E-state index in [2.05, 4.69) is 4.72 Å². The van der Waals surface area contributed by atoms with Crippen LogP contribution in [0.15, 0.2) is 83.8 Å². The summed E-state index contributed by atoms with van der Waals surface area (Å²) in [4.78, 5) is 14.5. The van der Waals surface area contributed by atoms with Gasteiger partial charge in [-0.1, -0.05) is 36.4 Å². The van der Waals surface area contributed by atoms with Crippen molar-refractivity contribution in [3.63, 3.8) is 0 Å². The molecule has 0 radical (unpaired) electrons. The first-order valence-corrected chi connectivity index (χ1v) is 12.2. The minimum Gasteiger partial charge on any atom is -0.489 e. The average molecular weight is 469 g/mol. The molecule has 6 nitrogen and oxygen atoms in total. The number of amides is 1. The fraction of sp³-hybridized carbons (Fsp3) is 0.240. The van der Waals surface area contributed by atoms with Gasteiger partial charge in [-0.2, -0.15) is 0 Å². The number of sulfonamides is 1. The molecule has 1 unspecified atom stereocenters. The van der Waals surface area contributed by atoms with Crippen LogP contribution in [0.5, 0.6) is 5.75 Å². The molecule has 33 heavy (non-hydrogen) atoms. The number of rotatable bonds is 7. The Hall–Kier alpha value is -3.23. The minimum atomic E-state index is -3.87. The number of ether oxygens (including phenoxy) is 1. The first kappa shape index (κ1) is 22.9. The van der Waals surface area contributed by atoms with Gasteiger partial charge >= 0.3 is 0 Å². The van der Waals surface area contributed by atoms with E-state index in [9.17, 15) is 17.6 Å². The molecule has 0 saturated carbocycles. The van der Waals surface area contributed by atoms with Crippen LogP contribution in [0.1, 0.15) is 28.8 Å². The van der Waals surface area contributed by atoms with E-state index >= 15 is 0 Å². The van der Waals surface area contributed by atoms with Gasteiger partial charge in [-0.25, -0.2) is 17.5 Å². The molecule has 4 rings (SSSR count). The van der Waals surface area contributed by atoms with Crippen molar-refractivity contribution in [3.8, 4) is 5.75 Å². The Bertz CT molecular complexity index is 1200. The number of hydrogen-bond donors (Lipinski definition) is 1. The number of hydrogen-bond acceptors (Lipinski definition) is 4. The van der Waals surface area contributed by atoms with Gasteiger partial charge in [-0.05, 0) is 60.9 Å². The number of nitrogens with one attached hydrogen (secondary N) is 1. The zero-order chi connectivity index (χ0) is 23.3. The molecular weight excluding hydrogens is 443 g/mol. The molecule has 172 valence electrons. The number of nitrogens with zero attached hydrogens (tertiary/aromatic N) is 1. The van der Waals surface area contributed by atoms with Crippen molar-refractivity contribution in [3.05, 3.63) is 95.8 Å².